The molecule has 1 heterocycles. The van der Waals surface area contributed by atoms with Crippen LogP contribution in [-0.2, 0) is 25.7 Å². The molecule has 0 radical (unpaired) electrons. The number of carboxylic acid groups (broad SMARTS) is 3. The van der Waals surface area contributed by atoms with Crippen LogP contribution >= 0.6 is 0 Å². The van der Waals surface area contributed by atoms with E-state index in [-0.39, 0.29) is 12.5 Å². The molecule has 0 unspecified atom stereocenters. The second kappa shape index (κ2) is 14.6. The minimum absolute atomic E-state index is 0.262. The number of amides is 2. The van der Waals surface area contributed by atoms with Crippen molar-refractivity contribution < 1.29 is 49.1 Å². The van der Waals surface area contributed by atoms with Gasteiger partial charge in [0.2, 0.25) is 0 Å². The first-order chi connectivity index (χ1) is 19.4. The van der Waals surface area contributed by atoms with Gasteiger partial charge in [-0.1, -0.05) is 24.3 Å². The number of aliphatic hydroxyl groups is 1. The number of methoxy groups -OCH3 is 1. The molecule has 0 aliphatic rings. The molecular weight excluding hydrogens is 540 g/mol. The van der Waals surface area contributed by atoms with Crippen LogP contribution in [0.15, 0.2) is 73.1 Å². The first kappa shape index (κ1) is 31.7. The lowest BCUT2D eigenvalue weighted by molar-refractivity contribution is -0.170. The van der Waals surface area contributed by atoms with Gasteiger partial charge < -0.3 is 36.2 Å². The number of para-hydroxylation sites is 2. The smallest absolute Gasteiger partial charge is 0.414 e. The first-order valence-corrected chi connectivity index (χ1v) is 11.8. The van der Waals surface area contributed by atoms with Crippen LogP contribution in [0.25, 0.3) is 0 Å². The lowest BCUT2D eigenvalue weighted by Crippen LogP contribution is -2.42. The highest BCUT2D eigenvalue weighted by Crippen LogP contribution is 2.20. The molecule has 0 aliphatic heterocycles. The highest BCUT2D eigenvalue weighted by molar-refractivity contribution is 6.05. The van der Waals surface area contributed by atoms with Crippen LogP contribution in [0.2, 0.25) is 0 Å². The predicted molar refractivity (Wildman–Crippen MR) is 145 cm³/mol. The van der Waals surface area contributed by atoms with Gasteiger partial charge in [0.05, 0.1) is 49.8 Å². The van der Waals surface area contributed by atoms with Crippen LogP contribution in [0.4, 0.5) is 21.9 Å². The van der Waals surface area contributed by atoms with Gasteiger partial charge in [0, 0.05) is 11.8 Å². The highest BCUT2D eigenvalue weighted by atomic mass is 16.5. The summed E-state index contributed by atoms with van der Waals surface area (Å²) in [6.45, 7) is 0.284. The first-order valence-electron chi connectivity index (χ1n) is 11.8. The number of hydrogen-bond acceptors (Lipinski definition) is 9. The van der Waals surface area contributed by atoms with Crippen molar-refractivity contribution in [2.45, 2.75) is 25.0 Å². The van der Waals surface area contributed by atoms with E-state index in [1.54, 1.807) is 73.1 Å². The van der Waals surface area contributed by atoms with Crippen LogP contribution in [0.5, 0.6) is 0 Å². The molecule has 0 aliphatic carbocycles. The van der Waals surface area contributed by atoms with Gasteiger partial charge >= 0.3 is 24.0 Å². The minimum atomic E-state index is -2.74. The van der Waals surface area contributed by atoms with E-state index in [9.17, 15) is 24.0 Å². The Bertz CT molecular complexity index is 1360. The number of nitrogens with two attached hydrogens (primary N) is 1. The largest absolute Gasteiger partial charge is 0.481 e. The third kappa shape index (κ3) is 9.63. The Labute approximate surface area is 233 Å². The summed E-state index contributed by atoms with van der Waals surface area (Å²) in [5.74, 6) is -5.28. The number of aromatic nitrogens is 1. The zero-order valence-corrected chi connectivity index (χ0v) is 21.8. The predicted octanol–water partition coefficient (Wildman–Crippen LogP) is 2.44. The Balaban J connectivity index is 0.000000383. The number of benzene rings is 2. The Morgan fingerprint density at radius 1 is 0.927 bits per heavy atom. The third-order valence-corrected chi connectivity index (χ3v) is 5.40. The van der Waals surface area contributed by atoms with Crippen LogP contribution in [0.3, 0.4) is 0 Å². The molecule has 1 aromatic heterocycles. The quantitative estimate of drug-likeness (QED) is 0.194. The van der Waals surface area contributed by atoms with Crippen molar-refractivity contribution in [3.8, 4) is 0 Å². The molecule has 0 bridgehead atoms. The van der Waals surface area contributed by atoms with Crippen molar-refractivity contribution in [2.75, 3.05) is 23.1 Å². The number of nitrogen functional groups attached to an aromatic ring is 1. The Hall–Kier alpha value is -5.50. The van der Waals surface area contributed by atoms with Crippen molar-refractivity contribution in [3.05, 3.63) is 84.2 Å². The summed E-state index contributed by atoms with van der Waals surface area (Å²) in [6, 6.07) is 17.5. The molecule has 0 saturated carbocycles. The fraction of sp³-hybridized carbons (Fsp3) is 0.185. The van der Waals surface area contributed by atoms with Gasteiger partial charge in [0.25, 0.3) is 5.91 Å². The van der Waals surface area contributed by atoms with E-state index in [0.29, 0.717) is 22.6 Å². The molecule has 0 spiro atoms. The lowest BCUT2D eigenvalue weighted by Gasteiger charge is -2.21. The van der Waals surface area contributed by atoms with E-state index in [1.807, 2.05) is 0 Å². The van der Waals surface area contributed by atoms with E-state index >= 15 is 0 Å². The number of nitrogens with one attached hydrogen (secondary N) is 1. The summed E-state index contributed by atoms with van der Waals surface area (Å²) in [6.07, 6.45) is 0.437. The zero-order valence-electron chi connectivity index (χ0n) is 21.8. The summed E-state index contributed by atoms with van der Waals surface area (Å²) < 4.78 is 4.86. The third-order valence-electron chi connectivity index (χ3n) is 5.40. The molecule has 216 valence electrons. The number of carbonyl (C=O) groups excluding carboxylic acids is 2. The number of carboxylic acids is 3. The molecule has 3 rings (SSSR count). The second-order valence-electron chi connectivity index (χ2n) is 8.48. The van der Waals surface area contributed by atoms with Crippen molar-refractivity contribution in [1.82, 2.24) is 4.98 Å². The summed E-state index contributed by atoms with van der Waals surface area (Å²) in [4.78, 5) is 60.5. The van der Waals surface area contributed by atoms with Gasteiger partial charge in [-0.2, -0.15) is 0 Å². The zero-order chi connectivity index (χ0) is 30.6. The maximum Gasteiger partial charge on any atom is 0.414 e. The van der Waals surface area contributed by atoms with Crippen molar-refractivity contribution in [3.63, 3.8) is 0 Å². The molecule has 41 heavy (non-hydrogen) atoms. The van der Waals surface area contributed by atoms with Crippen LogP contribution in [-0.4, -0.2) is 68.0 Å². The van der Waals surface area contributed by atoms with Crippen molar-refractivity contribution in [2.24, 2.45) is 0 Å². The Morgan fingerprint density at radius 2 is 1.54 bits per heavy atom. The van der Waals surface area contributed by atoms with Crippen LogP contribution in [0, 0.1) is 0 Å². The highest BCUT2D eigenvalue weighted by Gasteiger charge is 2.40. The van der Waals surface area contributed by atoms with Gasteiger partial charge in [-0.3, -0.25) is 24.3 Å². The van der Waals surface area contributed by atoms with E-state index in [1.165, 1.54) is 12.0 Å². The van der Waals surface area contributed by atoms with Gasteiger partial charge in [-0.25, -0.2) is 9.59 Å². The molecule has 3 aromatic rings. The van der Waals surface area contributed by atoms with Crippen molar-refractivity contribution in [1.29, 1.82) is 0 Å². The number of anilines is 3. The molecule has 0 atom stereocenters. The lowest BCUT2D eigenvalue weighted by atomic mass is 9.96. The standard InChI is InChI=1S/C21H20N4O3.C6H8O7/c1-28-21(27)25(17-5-4-12-23-13-17)14-15-8-10-16(11-9-15)20(26)24-19-7-3-2-6-18(19)22;7-3(8)1-6(13,5(11)12)2-4(9)10/h2-13H,14,22H2,1H3,(H,24,26);13H,1-2H2,(H,7,8)(H,9,10)(H,11,12). The van der Waals surface area contributed by atoms with Gasteiger partial charge in [0.15, 0.2) is 5.60 Å². The number of rotatable bonds is 10. The number of pyridine rings is 1. The molecule has 14 nitrogen and oxygen atoms in total. The molecule has 2 amide bonds. The number of aliphatic carboxylic acids is 3. The topological polar surface area (TPSA) is 230 Å². The molecule has 7 N–H and O–H groups in total. The van der Waals surface area contributed by atoms with E-state index in [4.69, 9.17) is 30.9 Å². The molecule has 14 heteroatoms. The van der Waals surface area contributed by atoms with Gasteiger partial charge in [-0.15, -0.1) is 0 Å². The van der Waals surface area contributed by atoms with Crippen molar-refractivity contribution >= 4 is 47.0 Å². The second-order valence-corrected chi connectivity index (χ2v) is 8.48. The fourth-order valence-electron chi connectivity index (χ4n) is 3.35. The minimum Gasteiger partial charge on any atom is -0.481 e. The summed E-state index contributed by atoms with van der Waals surface area (Å²) in [5.41, 5.74) is 6.12. The molecule has 0 saturated heterocycles. The fourth-order valence-corrected chi connectivity index (χ4v) is 3.35. The average Bonchev–Trinajstić information content (AvgIpc) is 2.92. The van der Waals surface area contributed by atoms with Crippen LogP contribution < -0.4 is 16.0 Å². The summed E-state index contributed by atoms with van der Waals surface area (Å²) >= 11 is 0. The summed E-state index contributed by atoms with van der Waals surface area (Å²) in [5, 5.41) is 36.6. The van der Waals surface area contributed by atoms with Gasteiger partial charge in [-0.05, 0) is 42.0 Å². The van der Waals surface area contributed by atoms with Gasteiger partial charge in [0.1, 0.15) is 0 Å². The number of carbonyl (C=O) groups is 5. The van der Waals surface area contributed by atoms with Crippen LogP contribution in [0.1, 0.15) is 28.8 Å². The van der Waals surface area contributed by atoms with E-state index in [2.05, 4.69) is 10.3 Å². The average molecular weight is 569 g/mol. The van der Waals surface area contributed by atoms with E-state index < -0.39 is 42.4 Å². The molecule has 0 fully saturated rings. The number of ether oxygens (including phenoxy) is 1. The van der Waals surface area contributed by atoms with E-state index in [0.717, 1.165) is 5.56 Å². The normalized spacial score (nSPS) is 10.4. The maximum atomic E-state index is 12.4. The summed E-state index contributed by atoms with van der Waals surface area (Å²) in [7, 11) is 1.33. The Kier molecular flexibility index (Phi) is 11.3. The SMILES string of the molecule is COC(=O)N(Cc1ccc(C(=O)Nc2ccccc2N)cc1)c1cccnc1.O=C(O)CC(O)(CC(=O)O)C(=O)O. The maximum absolute atomic E-state index is 12.4. The molecule has 2 aromatic carbocycles. The number of nitrogens with zero attached hydrogens (tertiary/aromatic N) is 2. The Morgan fingerprint density at radius 3 is 2.02 bits per heavy atom. The molecular formula is C27H28N4O10. The number of hydrogen-bond donors (Lipinski definition) is 6. The monoisotopic (exact) mass is 568 g/mol.